The molecule has 0 saturated heterocycles. The Balaban J connectivity index is 0.00000400. The number of nitrogens with two attached hydrogens (primary N) is 1. The maximum Gasteiger partial charge on any atom is 0.240 e. The molecule has 2 unspecified atom stereocenters. The number of carbonyl (C=O) groups excluding carboxylic acids is 1. The lowest BCUT2D eigenvalue weighted by Crippen LogP contribution is -2.75. The van der Waals surface area contributed by atoms with Gasteiger partial charge in [0, 0.05) is 32.1 Å². The van der Waals surface area contributed by atoms with Gasteiger partial charge in [-0.3, -0.25) is 4.79 Å². The monoisotopic (exact) mass is 324 g/mol. The van der Waals surface area contributed by atoms with Gasteiger partial charge in [-0.25, -0.2) is 0 Å². The molecule has 3 N–H and O–H groups in total. The van der Waals surface area contributed by atoms with Gasteiger partial charge in [0.15, 0.2) is 0 Å². The number of amides is 1. The van der Waals surface area contributed by atoms with Gasteiger partial charge < -0.3 is 25.3 Å². The predicted octanol–water partition coefficient (Wildman–Crippen LogP) is 0.720. The summed E-state index contributed by atoms with van der Waals surface area (Å²) < 4.78 is 15.8. The molecule has 7 heteroatoms. The Labute approximate surface area is 133 Å². The Morgan fingerprint density at radius 3 is 2.52 bits per heavy atom. The molecule has 0 heterocycles. The van der Waals surface area contributed by atoms with Crippen LogP contribution in [0.1, 0.15) is 27.2 Å². The lowest BCUT2D eigenvalue weighted by molar-refractivity contribution is -0.170. The van der Waals surface area contributed by atoms with E-state index >= 15 is 0 Å². The summed E-state index contributed by atoms with van der Waals surface area (Å²) in [7, 11) is 1.62. The van der Waals surface area contributed by atoms with Crippen LogP contribution in [0.2, 0.25) is 0 Å². The fourth-order valence-corrected chi connectivity index (χ4v) is 2.46. The number of hydrogen-bond acceptors (Lipinski definition) is 5. The Morgan fingerprint density at radius 1 is 1.33 bits per heavy atom. The third-order valence-electron chi connectivity index (χ3n) is 4.20. The second-order valence-corrected chi connectivity index (χ2v) is 5.70. The van der Waals surface area contributed by atoms with Crippen molar-refractivity contribution in [3.63, 3.8) is 0 Å². The summed E-state index contributed by atoms with van der Waals surface area (Å²) in [6.07, 6.45) is 0.603. The molecule has 21 heavy (non-hydrogen) atoms. The molecule has 2 atom stereocenters. The molecule has 1 aliphatic rings. The van der Waals surface area contributed by atoms with Crippen molar-refractivity contribution in [1.29, 1.82) is 0 Å². The maximum absolute atomic E-state index is 12.2. The van der Waals surface area contributed by atoms with Crippen molar-refractivity contribution >= 4 is 18.3 Å². The van der Waals surface area contributed by atoms with Gasteiger partial charge in [-0.1, -0.05) is 13.8 Å². The summed E-state index contributed by atoms with van der Waals surface area (Å²) in [6, 6.07) is 0. The van der Waals surface area contributed by atoms with Crippen LogP contribution in [0.5, 0.6) is 0 Å². The summed E-state index contributed by atoms with van der Waals surface area (Å²) in [6.45, 7) is 8.54. The normalized spacial score (nSPS) is 26.6. The molecule has 1 aliphatic carbocycles. The minimum Gasteiger partial charge on any atom is -0.382 e. The smallest absolute Gasteiger partial charge is 0.240 e. The average Bonchev–Trinajstić information content (AvgIpc) is 2.41. The van der Waals surface area contributed by atoms with E-state index in [9.17, 15) is 4.79 Å². The van der Waals surface area contributed by atoms with Crippen molar-refractivity contribution in [2.45, 2.75) is 38.8 Å². The van der Waals surface area contributed by atoms with Crippen molar-refractivity contribution in [3.8, 4) is 0 Å². The lowest BCUT2D eigenvalue weighted by Gasteiger charge is -2.57. The molecule has 0 aliphatic heterocycles. The maximum atomic E-state index is 12.2. The van der Waals surface area contributed by atoms with Crippen molar-refractivity contribution < 1.29 is 19.0 Å². The highest BCUT2D eigenvalue weighted by atomic mass is 35.5. The van der Waals surface area contributed by atoms with Gasteiger partial charge in [0.25, 0.3) is 0 Å². The first-order chi connectivity index (χ1) is 9.40. The average molecular weight is 325 g/mol. The Kier molecular flexibility index (Phi) is 8.73. The van der Waals surface area contributed by atoms with Crippen LogP contribution < -0.4 is 11.1 Å². The van der Waals surface area contributed by atoms with Gasteiger partial charge in [-0.2, -0.15) is 0 Å². The number of halogens is 1. The fraction of sp³-hybridized carbons (Fsp3) is 0.929. The van der Waals surface area contributed by atoms with Crippen molar-refractivity contribution in [3.05, 3.63) is 0 Å². The van der Waals surface area contributed by atoms with Crippen LogP contribution in [-0.2, 0) is 19.0 Å². The molecule has 6 nitrogen and oxygen atoms in total. The molecular weight excluding hydrogens is 296 g/mol. The number of ether oxygens (including phenoxy) is 3. The van der Waals surface area contributed by atoms with Gasteiger partial charge in [-0.05, 0) is 6.92 Å². The van der Waals surface area contributed by atoms with Gasteiger partial charge in [-0.15, -0.1) is 12.4 Å². The zero-order valence-corrected chi connectivity index (χ0v) is 14.3. The standard InChI is InChI=1S/C14H28N2O4.ClH/c1-5-20-11-10-14(15,13(11,2)3)12(17)16-6-7-19-9-8-18-4;/h11H,5-10,15H2,1-4H3,(H,16,17);1H. The summed E-state index contributed by atoms with van der Waals surface area (Å²) in [5.74, 6) is -0.131. The third-order valence-corrected chi connectivity index (χ3v) is 4.20. The molecule has 1 rings (SSSR count). The highest BCUT2D eigenvalue weighted by molar-refractivity contribution is 5.88. The molecule has 0 aromatic rings. The van der Waals surface area contributed by atoms with Gasteiger partial charge >= 0.3 is 0 Å². The highest BCUT2D eigenvalue weighted by Gasteiger charge is 2.62. The largest absolute Gasteiger partial charge is 0.382 e. The summed E-state index contributed by atoms with van der Waals surface area (Å²) in [5, 5.41) is 2.84. The molecule has 0 radical (unpaired) electrons. The highest BCUT2D eigenvalue weighted by Crippen LogP contribution is 2.49. The van der Waals surface area contributed by atoms with Crippen molar-refractivity contribution in [2.24, 2.45) is 11.1 Å². The topological polar surface area (TPSA) is 82.8 Å². The minimum absolute atomic E-state index is 0. The van der Waals surface area contributed by atoms with Crippen LogP contribution in [0.4, 0.5) is 0 Å². The van der Waals surface area contributed by atoms with Gasteiger partial charge in [0.05, 0.1) is 25.9 Å². The number of nitrogens with one attached hydrogen (secondary N) is 1. The zero-order valence-electron chi connectivity index (χ0n) is 13.4. The molecule has 0 aromatic carbocycles. The first kappa shape index (κ1) is 20.6. The predicted molar refractivity (Wildman–Crippen MR) is 83.7 cm³/mol. The molecular formula is C14H29ClN2O4. The van der Waals surface area contributed by atoms with E-state index in [2.05, 4.69) is 5.32 Å². The van der Waals surface area contributed by atoms with E-state index in [1.54, 1.807) is 7.11 Å². The fourth-order valence-electron chi connectivity index (χ4n) is 2.46. The number of carbonyl (C=O) groups is 1. The van der Waals surface area contributed by atoms with Crippen LogP contribution in [0.3, 0.4) is 0 Å². The van der Waals surface area contributed by atoms with Crippen molar-refractivity contribution in [1.82, 2.24) is 5.32 Å². The van der Waals surface area contributed by atoms with E-state index in [4.69, 9.17) is 19.9 Å². The third kappa shape index (κ3) is 4.53. The Bertz CT molecular complexity index is 328. The second kappa shape index (κ2) is 8.90. The van der Waals surface area contributed by atoms with E-state index in [0.717, 1.165) is 0 Å². The van der Waals surface area contributed by atoms with E-state index < -0.39 is 5.54 Å². The first-order valence-electron chi connectivity index (χ1n) is 7.15. The summed E-state index contributed by atoms with van der Waals surface area (Å²) in [4.78, 5) is 12.2. The molecule has 1 saturated carbocycles. The molecule has 0 aromatic heterocycles. The number of methoxy groups -OCH3 is 1. The summed E-state index contributed by atoms with van der Waals surface area (Å²) >= 11 is 0. The Hall–Kier alpha value is -0.400. The SMILES string of the molecule is CCOC1CC(N)(C(=O)NCCOCCOC)C1(C)C.Cl. The van der Waals surface area contributed by atoms with E-state index in [1.807, 2.05) is 20.8 Å². The van der Waals surface area contributed by atoms with Crippen LogP contribution in [0.15, 0.2) is 0 Å². The first-order valence-corrected chi connectivity index (χ1v) is 7.15. The molecule has 0 spiro atoms. The van der Waals surface area contributed by atoms with Crippen molar-refractivity contribution in [2.75, 3.05) is 40.1 Å². The Morgan fingerprint density at radius 2 is 2.00 bits per heavy atom. The summed E-state index contributed by atoms with van der Waals surface area (Å²) in [5.41, 5.74) is 5.04. The van der Waals surface area contributed by atoms with Crippen LogP contribution in [0, 0.1) is 5.41 Å². The number of rotatable bonds is 9. The molecule has 0 bridgehead atoms. The van der Waals surface area contributed by atoms with Crippen LogP contribution >= 0.6 is 12.4 Å². The van der Waals surface area contributed by atoms with E-state index in [-0.39, 0.29) is 29.8 Å². The van der Waals surface area contributed by atoms with E-state index in [1.165, 1.54) is 0 Å². The minimum atomic E-state index is -0.862. The number of hydrogen-bond donors (Lipinski definition) is 2. The molecule has 126 valence electrons. The lowest BCUT2D eigenvalue weighted by atomic mass is 9.54. The van der Waals surface area contributed by atoms with Gasteiger partial charge in [0.2, 0.25) is 5.91 Å². The quantitative estimate of drug-likeness (QED) is 0.611. The molecule has 1 fully saturated rings. The second-order valence-electron chi connectivity index (χ2n) is 5.70. The molecule has 1 amide bonds. The van der Waals surface area contributed by atoms with Crippen LogP contribution in [-0.4, -0.2) is 57.6 Å². The van der Waals surface area contributed by atoms with Crippen LogP contribution in [0.25, 0.3) is 0 Å². The van der Waals surface area contributed by atoms with E-state index in [0.29, 0.717) is 39.4 Å². The zero-order chi connectivity index (χ0) is 15.2. The van der Waals surface area contributed by atoms with Gasteiger partial charge in [0.1, 0.15) is 5.54 Å².